The van der Waals surface area contributed by atoms with Crippen LogP contribution in [0.3, 0.4) is 0 Å². The quantitative estimate of drug-likeness (QED) is 0.607. The van der Waals surface area contributed by atoms with Crippen LogP contribution in [0.5, 0.6) is 5.75 Å². The summed E-state index contributed by atoms with van der Waals surface area (Å²) in [7, 11) is 0. The van der Waals surface area contributed by atoms with Gasteiger partial charge in [0.05, 0.1) is 6.20 Å². The van der Waals surface area contributed by atoms with Crippen molar-refractivity contribution in [1.82, 2.24) is 5.16 Å². The lowest BCUT2D eigenvalue weighted by Crippen LogP contribution is -1.67. The lowest BCUT2D eigenvalue weighted by atomic mass is 10.2. The Kier molecular flexibility index (Phi) is 1.26. The van der Waals surface area contributed by atoms with Crippen LogP contribution in [0, 0.1) is 0 Å². The zero-order valence-electron chi connectivity index (χ0n) is 5.37. The monoisotopic (exact) mass is 168 g/mol. The molecule has 4 heteroatoms. The van der Waals surface area contributed by atoms with Gasteiger partial charge >= 0.3 is 0 Å². The van der Waals surface area contributed by atoms with E-state index in [1.54, 1.807) is 6.07 Å². The molecule has 0 aliphatic rings. The fourth-order valence-electron chi connectivity index (χ4n) is 0.883. The minimum absolute atomic E-state index is 0.0972. The third-order valence-electron chi connectivity index (χ3n) is 1.43. The van der Waals surface area contributed by atoms with Crippen molar-refractivity contribution in [3.05, 3.63) is 23.4 Å². The molecule has 0 aliphatic carbocycles. The van der Waals surface area contributed by atoms with Crippen molar-refractivity contribution >= 4 is 22.6 Å². The summed E-state index contributed by atoms with van der Waals surface area (Å²) in [6, 6.07) is 3.02. The predicted octanol–water partition coefficient (Wildman–Crippen LogP) is 2.63. The molecular weight excluding hydrogens is 166 g/mol. The maximum Gasteiger partial charge on any atom is 0.201 e. The van der Waals surface area contributed by atoms with Crippen molar-refractivity contribution in [2.75, 3.05) is 0 Å². The van der Waals surface area contributed by atoms with Crippen molar-refractivity contribution in [2.45, 2.75) is 0 Å². The van der Waals surface area contributed by atoms with Crippen LogP contribution >= 0.6 is 11.6 Å². The van der Waals surface area contributed by atoms with E-state index >= 15 is 0 Å². The van der Waals surface area contributed by atoms with E-state index in [0.29, 0.717) is 5.58 Å². The molecule has 1 heterocycles. The third kappa shape index (κ3) is 0.851. The van der Waals surface area contributed by atoms with E-state index < -0.39 is 0 Å². The lowest BCUT2D eigenvalue weighted by molar-refractivity contribution is 0.354. The van der Waals surface area contributed by atoms with Gasteiger partial charge in [0.25, 0.3) is 0 Å². The van der Waals surface area contributed by atoms with Crippen LogP contribution in [-0.2, 0) is 5.11 Å². The molecule has 1 aromatic heterocycles. The summed E-state index contributed by atoms with van der Waals surface area (Å²) in [6.45, 7) is 0. The first-order valence-corrected chi connectivity index (χ1v) is 3.37. The zero-order valence-corrected chi connectivity index (χ0v) is 6.13. The maximum absolute atomic E-state index is 10.9. The summed E-state index contributed by atoms with van der Waals surface area (Å²) in [5, 5.41) is 15.3. The molecular formula is C7H3ClNO2. The molecule has 0 saturated heterocycles. The Morgan fingerprint density at radius 3 is 3.09 bits per heavy atom. The number of hydrogen-bond donors (Lipinski definition) is 0. The molecule has 2 rings (SSSR count). The summed E-state index contributed by atoms with van der Waals surface area (Å²) in [4.78, 5) is 0. The van der Waals surface area contributed by atoms with Crippen molar-refractivity contribution in [2.24, 2.45) is 0 Å². The first kappa shape index (κ1) is 6.49. The van der Waals surface area contributed by atoms with Crippen LogP contribution in [0.4, 0.5) is 0 Å². The summed E-state index contributed by atoms with van der Waals surface area (Å²) >= 11 is 5.62. The second kappa shape index (κ2) is 2.13. The van der Waals surface area contributed by atoms with Crippen molar-refractivity contribution < 1.29 is 9.63 Å². The second-order valence-corrected chi connectivity index (χ2v) is 2.50. The Morgan fingerprint density at radius 2 is 2.27 bits per heavy atom. The predicted molar refractivity (Wildman–Crippen MR) is 39.2 cm³/mol. The number of fused-ring (bicyclic) bond motifs is 1. The fraction of sp³-hybridized carbons (Fsp3) is 0. The van der Waals surface area contributed by atoms with Crippen LogP contribution in [0.2, 0.25) is 5.02 Å². The van der Waals surface area contributed by atoms with E-state index in [0.717, 1.165) is 5.39 Å². The molecule has 55 valence electrons. The van der Waals surface area contributed by atoms with Gasteiger partial charge in [0.1, 0.15) is 5.02 Å². The molecule has 0 aliphatic heterocycles. The van der Waals surface area contributed by atoms with Crippen molar-refractivity contribution in [3.8, 4) is 5.75 Å². The number of nitrogens with zero attached hydrogens (tertiary/aromatic N) is 1. The van der Waals surface area contributed by atoms with Gasteiger partial charge in [-0.15, -0.1) is 0 Å². The molecule has 1 radical (unpaired) electrons. The summed E-state index contributed by atoms with van der Waals surface area (Å²) < 4.78 is 4.75. The number of benzene rings is 1. The summed E-state index contributed by atoms with van der Waals surface area (Å²) in [6.07, 6.45) is 1.51. The van der Waals surface area contributed by atoms with Crippen LogP contribution in [-0.4, -0.2) is 5.16 Å². The lowest BCUT2D eigenvalue weighted by Gasteiger charge is -1.90. The number of halogens is 1. The molecule has 1 aromatic carbocycles. The molecule has 3 nitrogen and oxygen atoms in total. The minimum atomic E-state index is -0.240. The molecule has 0 spiro atoms. The van der Waals surface area contributed by atoms with Crippen LogP contribution in [0.1, 0.15) is 0 Å². The van der Waals surface area contributed by atoms with E-state index in [-0.39, 0.29) is 10.8 Å². The van der Waals surface area contributed by atoms with Crippen molar-refractivity contribution in [1.29, 1.82) is 0 Å². The minimum Gasteiger partial charge on any atom is -0.355 e. The highest BCUT2D eigenvalue weighted by Gasteiger charge is 2.08. The van der Waals surface area contributed by atoms with Gasteiger partial charge in [-0.25, -0.2) is 0 Å². The van der Waals surface area contributed by atoms with Gasteiger partial charge in [0.2, 0.25) is 5.75 Å². The highest BCUT2D eigenvalue weighted by atomic mass is 35.5. The van der Waals surface area contributed by atoms with Crippen LogP contribution in [0.25, 0.3) is 11.0 Å². The third-order valence-corrected chi connectivity index (χ3v) is 1.79. The highest BCUT2D eigenvalue weighted by Crippen LogP contribution is 2.31. The smallest absolute Gasteiger partial charge is 0.201 e. The topological polar surface area (TPSA) is 45.9 Å². The number of rotatable bonds is 0. The largest absolute Gasteiger partial charge is 0.355 e. The molecule has 0 amide bonds. The average Bonchev–Trinajstić information content (AvgIpc) is 2.45. The number of aromatic nitrogens is 1. The molecule has 0 unspecified atom stereocenters. The maximum atomic E-state index is 10.9. The molecule has 0 bridgehead atoms. The average molecular weight is 169 g/mol. The van der Waals surface area contributed by atoms with E-state index in [9.17, 15) is 5.11 Å². The first-order chi connectivity index (χ1) is 5.29. The van der Waals surface area contributed by atoms with Gasteiger partial charge in [0, 0.05) is 5.39 Å². The Hall–Kier alpha value is -1.22. The fourth-order valence-corrected chi connectivity index (χ4v) is 1.09. The SMILES string of the molecule is [O]c1ccc2cnoc2c1Cl. The van der Waals surface area contributed by atoms with Gasteiger partial charge in [-0.05, 0) is 12.1 Å². The van der Waals surface area contributed by atoms with Crippen molar-refractivity contribution in [3.63, 3.8) is 0 Å². The van der Waals surface area contributed by atoms with Gasteiger partial charge in [-0.2, -0.15) is 0 Å². The summed E-state index contributed by atoms with van der Waals surface area (Å²) in [5.74, 6) is -0.240. The molecule has 0 N–H and O–H groups in total. The highest BCUT2D eigenvalue weighted by molar-refractivity contribution is 6.36. The van der Waals surface area contributed by atoms with Crippen LogP contribution < -0.4 is 0 Å². The Morgan fingerprint density at radius 1 is 1.45 bits per heavy atom. The van der Waals surface area contributed by atoms with Crippen LogP contribution in [0.15, 0.2) is 22.9 Å². The van der Waals surface area contributed by atoms with E-state index in [1.807, 2.05) is 0 Å². The summed E-state index contributed by atoms with van der Waals surface area (Å²) in [5.41, 5.74) is 0.360. The first-order valence-electron chi connectivity index (χ1n) is 2.99. The normalized spacial score (nSPS) is 10.6. The number of hydrogen-bond acceptors (Lipinski definition) is 2. The molecule has 2 aromatic rings. The molecule has 11 heavy (non-hydrogen) atoms. The van der Waals surface area contributed by atoms with Gasteiger partial charge < -0.3 is 4.52 Å². The standard InChI is InChI=1S/C7H3ClNO2/c8-6-5(10)2-1-4-3-9-11-7(4)6/h1-3H. The van der Waals surface area contributed by atoms with E-state index in [1.165, 1.54) is 12.3 Å². The molecule has 0 fully saturated rings. The Labute approximate surface area is 67.2 Å². The van der Waals surface area contributed by atoms with Gasteiger partial charge in [0.15, 0.2) is 5.58 Å². The van der Waals surface area contributed by atoms with E-state index in [2.05, 4.69) is 5.16 Å². The van der Waals surface area contributed by atoms with E-state index in [4.69, 9.17) is 16.1 Å². The van der Waals surface area contributed by atoms with Gasteiger partial charge in [-0.3, -0.25) is 5.11 Å². The van der Waals surface area contributed by atoms with Gasteiger partial charge in [-0.1, -0.05) is 16.8 Å². The Balaban J connectivity index is 2.93. The zero-order chi connectivity index (χ0) is 7.84. The molecule has 0 atom stereocenters. The molecule has 0 saturated carbocycles. The second-order valence-electron chi connectivity index (χ2n) is 2.12. The Bertz CT molecular complexity index is 396.